The number of hydrogen-bond donors (Lipinski definition) is 1. The highest BCUT2D eigenvalue weighted by molar-refractivity contribution is 7.99. The zero-order chi connectivity index (χ0) is 18.6. The van der Waals surface area contributed by atoms with E-state index < -0.39 is 0 Å². The molecule has 2 heterocycles. The number of esters is 1. The first-order valence-electron chi connectivity index (χ1n) is 9.33. The van der Waals surface area contributed by atoms with Crippen LogP contribution in [-0.2, 0) is 20.7 Å². The molecule has 5 nitrogen and oxygen atoms in total. The highest BCUT2D eigenvalue weighted by atomic mass is 32.2. The Morgan fingerprint density at radius 1 is 1.42 bits per heavy atom. The first kappa shape index (κ1) is 18.3. The predicted octanol–water partition coefficient (Wildman–Crippen LogP) is 3.70. The summed E-state index contributed by atoms with van der Waals surface area (Å²) in [4.78, 5) is 30.1. The molecule has 1 amide bonds. The number of nitrogens with one attached hydrogen (secondary N) is 1. The van der Waals surface area contributed by atoms with Crippen molar-refractivity contribution >= 4 is 40.1 Å². The van der Waals surface area contributed by atoms with E-state index in [1.807, 2.05) is 13.2 Å². The minimum Gasteiger partial charge on any atom is -0.461 e. The molecular formula is C19H26N2O3S2. The number of carbonyl (C=O) groups is 2. The number of nitrogens with zero attached hydrogens (tertiary/aromatic N) is 1. The Morgan fingerprint density at radius 2 is 2.19 bits per heavy atom. The summed E-state index contributed by atoms with van der Waals surface area (Å²) in [6.07, 6.45) is 5.07. The van der Waals surface area contributed by atoms with Crippen LogP contribution in [-0.4, -0.2) is 35.0 Å². The lowest BCUT2D eigenvalue weighted by atomic mass is 9.54. The Hall–Kier alpha value is -1.08. The molecule has 7 heteroatoms. The van der Waals surface area contributed by atoms with Gasteiger partial charge in [0.2, 0.25) is 5.91 Å². The van der Waals surface area contributed by atoms with Crippen LogP contribution in [0.3, 0.4) is 0 Å². The van der Waals surface area contributed by atoms with Gasteiger partial charge in [-0.15, -0.1) is 11.3 Å². The van der Waals surface area contributed by atoms with Gasteiger partial charge in [-0.05, 0) is 30.9 Å². The van der Waals surface area contributed by atoms with Crippen molar-refractivity contribution in [3.8, 4) is 0 Å². The third kappa shape index (κ3) is 2.78. The molecule has 3 aliphatic rings. The fraction of sp³-hybridized carbons (Fsp3) is 0.737. The Bertz CT molecular complexity index is 749. The summed E-state index contributed by atoms with van der Waals surface area (Å²) in [6, 6.07) is 0. The average molecular weight is 395 g/mol. The minimum atomic E-state index is -0.0365. The molecule has 6 atom stereocenters. The molecule has 2 fully saturated rings. The molecule has 0 unspecified atom stereocenters. The Kier molecular flexibility index (Phi) is 4.58. The lowest BCUT2D eigenvalue weighted by Crippen LogP contribution is -2.50. The number of amides is 1. The summed E-state index contributed by atoms with van der Waals surface area (Å²) in [5.41, 5.74) is 1.22. The van der Waals surface area contributed by atoms with Gasteiger partial charge in [-0.1, -0.05) is 20.8 Å². The number of thioether (sulfide) groups is 1. The van der Waals surface area contributed by atoms with E-state index in [2.05, 4.69) is 19.2 Å². The molecule has 1 aromatic rings. The van der Waals surface area contributed by atoms with Crippen molar-refractivity contribution < 1.29 is 14.3 Å². The van der Waals surface area contributed by atoms with Crippen molar-refractivity contribution in [2.24, 2.45) is 23.2 Å². The molecule has 1 N–H and O–H groups in total. The smallest absolute Gasteiger partial charge is 0.309 e. The van der Waals surface area contributed by atoms with Gasteiger partial charge in [0.15, 0.2) is 5.13 Å². The van der Waals surface area contributed by atoms with Gasteiger partial charge in [-0.2, -0.15) is 11.8 Å². The number of ether oxygens (including phenoxy) is 1. The standard InChI is InChI=1S/C19H26N2O3S2/c1-9-11-5-6-19(3)7-12-15(10(2)14(19)16(11)24-17(9)23)21-18(26-12)20-13(22)8-25-4/h9-11,14,16H,5-8H2,1-4H3,(H,20,21,22)/t9-,10+,11-,14+,16+,19+/m0/s1. The van der Waals surface area contributed by atoms with Crippen molar-refractivity contribution in [2.45, 2.75) is 52.1 Å². The summed E-state index contributed by atoms with van der Waals surface area (Å²) in [5.74, 6) is 1.29. The summed E-state index contributed by atoms with van der Waals surface area (Å²) in [5, 5.41) is 3.64. The first-order valence-corrected chi connectivity index (χ1v) is 11.5. The molecule has 1 aromatic heterocycles. The second-order valence-electron chi connectivity index (χ2n) is 8.35. The van der Waals surface area contributed by atoms with Crippen LogP contribution in [0, 0.1) is 23.2 Å². The van der Waals surface area contributed by atoms with Crippen molar-refractivity contribution in [1.29, 1.82) is 0 Å². The molecule has 26 heavy (non-hydrogen) atoms. The summed E-state index contributed by atoms with van der Waals surface area (Å²) < 4.78 is 5.87. The van der Waals surface area contributed by atoms with Crippen molar-refractivity contribution in [3.05, 3.63) is 10.6 Å². The molecule has 0 radical (unpaired) electrons. The highest BCUT2D eigenvalue weighted by Gasteiger charge is 2.58. The third-order valence-electron chi connectivity index (χ3n) is 6.68. The number of fused-ring (bicyclic) bond motifs is 4. The molecule has 1 aliphatic heterocycles. The van der Waals surface area contributed by atoms with Crippen LogP contribution >= 0.6 is 23.1 Å². The van der Waals surface area contributed by atoms with Gasteiger partial charge < -0.3 is 10.1 Å². The largest absolute Gasteiger partial charge is 0.461 e. The van der Waals surface area contributed by atoms with Crippen LogP contribution in [0.5, 0.6) is 0 Å². The Balaban J connectivity index is 1.64. The van der Waals surface area contributed by atoms with Crippen molar-refractivity contribution in [1.82, 2.24) is 4.98 Å². The number of aromatic nitrogens is 1. The number of anilines is 1. The van der Waals surface area contributed by atoms with E-state index >= 15 is 0 Å². The van der Waals surface area contributed by atoms with Crippen molar-refractivity contribution in [2.75, 3.05) is 17.3 Å². The molecule has 0 bridgehead atoms. The van der Waals surface area contributed by atoms with Crippen LogP contribution in [0.4, 0.5) is 5.13 Å². The maximum Gasteiger partial charge on any atom is 0.309 e. The van der Waals surface area contributed by atoms with Gasteiger partial charge in [0.05, 0.1) is 17.4 Å². The van der Waals surface area contributed by atoms with Gasteiger partial charge in [-0.3, -0.25) is 9.59 Å². The van der Waals surface area contributed by atoms with Crippen LogP contribution < -0.4 is 5.32 Å². The third-order valence-corrected chi connectivity index (χ3v) is 8.22. The highest BCUT2D eigenvalue weighted by Crippen LogP contribution is 2.59. The number of thiazole rings is 1. The maximum absolute atomic E-state index is 12.2. The summed E-state index contributed by atoms with van der Waals surface area (Å²) >= 11 is 3.12. The fourth-order valence-electron chi connectivity index (χ4n) is 5.42. The van der Waals surface area contributed by atoms with E-state index in [0.717, 1.165) is 25.0 Å². The zero-order valence-electron chi connectivity index (χ0n) is 15.7. The molecule has 142 valence electrons. The average Bonchev–Trinajstić information content (AvgIpc) is 3.08. The lowest BCUT2D eigenvalue weighted by molar-refractivity contribution is -0.149. The first-order chi connectivity index (χ1) is 12.3. The number of carbonyl (C=O) groups excluding carboxylic acids is 2. The zero-order valence-corrected chi connectivity index (χ0v) is 17.3. The molecule has 1 saturated carbocycles. The van der Waals surface area contributed by atoms with E-state index in [4.69, 9.17) is 9.72 Å². The quantitative estimate of drug-likeness (QED) is 0.792. The van der Waals surface area contributed by atoms with E-state index in [0.29, 0.717) is 22.7 Å². The topological polar surface area (TPSA) is 68.3 Å². The van der Waals surface area contributed by atoms with Gasteiger partial charge in [0.25, 0.3) is 0 Å². The Labute approximate surface area is 162 Å². The van der Waals surface area contributed by atoms with E-state index in [1.54, 1.807) is 11.3 Å². The fourth-order valence-corrected chi connectivity index (χ4v) is 7.03. The molecule has 1 saturated heterocycles. The van der Waals surface area contributed by atoms with Crippen LogP contribution in [0.1, 0.15) is 50.1 Å². The van der Waals surface area contributed by atoms with Crippen LogP contribution in [0.2, 0.25) is 0 Å². The second-order valence-corrected chi connectivity index (χ2v) is 10.3. The normalized spacial score (nSPS) is 38.2. The van der Waals surface area contributed by atoms with Gasteiger partial charge in [0, 0.05) is 22.6 Å². The number of rotatable bonds is 3. The lowest BCUT2D eigenvalue weighted by Gasteiger charge is -2.51. The van der Waals surface area contributed by atoms with Crippen LogP contribution in [0.15, 0.2) is 0 Å². The minimum absolute atomic E-state index is 0.00140. The van der Waals surface area contributed by atoms with E-state index in [-0.39, 0.29) is 35.2 Å². The summed E-state index contributed by atoms with van der Waals surface area (Å²) in [7, 11) is 0. The second kappa shape index (κ2) is 6.51. The van der Waals surface area contributed by atoms with Crippen molar-refractivity contribution in [3.63, 3.8) is 0 Å². The van der Waals surface area contributed by atoms with E-state index in [1.165, 1.54) is 16.6 Å². The molecular weight excluding hydrogens is 368 g/mol. The molecule has 0 spiro atoms. The monoisotopic (exact) mass is 394 g/mol. The molecule has 0 aromatic carbocycles. The summed E-state index contributed by atoms with van der Waals surface area (Å²) in [6.45, 7) is 6.57. The number of hydrogen-bond acceptors (Lipinski definition) is 6. The van der Waals surface area contributed by atoms with Crippen LogP contribution in [0.25, 0.3) is 0 Å². The SMILES string of the molecule is CSCC(=O)Nc1nc2c(s1)C[C@@]1(C)CC[C@@H]3[C@@H](OC(=O)[C@H]3C)[C@H]1[C@H]2C. The molecule has 2 aliphatic carbocycles. The van der Waals surface area contributed by atoms with E-state index in [9.17, 15) is 9.59 Å². The van der Waals surface area contributed by atoms with Gasteiger partial charge >= 0.3 is 5.97 Å². The molecule has 4 rings (SSSR count). The van der Waals surface area contributed by atoms with Gasteiger partial charge in [0.1, 0.15) is 6.10 Å². The van der Waals surface area contributed by atoms with Gasteiger partial charge in [-0.25, -0.2) is 4.98 Å². The predicted molar refractivity (Wildman–Crippen MR) is 105 cm³/mol. The Morgan fingerprint density at radius 3 is 2.92 bits per heavy atom. The maximum atomic E-state index is 12.2.